The third-order valence-corrected chi connectivity index (χ3v) is 8.39. The molecule has 0 spiro atoms. The molecule has 0 saturated carbocycles. The Balaban J connectivity index is 1.14. The van der Waals surface area contributed by atoms with Gasteiger partial charge in [-0.05, 0) is 60.7 Å². The second kappa shape index (κ2) is 9.73. The Bertz CT molecular complexity index is 1440. The van der Waals surface area contributed by atoms with E-state index < -0.39 is 0 Å². The molecule has 8 heteroatoms. The molecule has 1 amide bonds. The summed E-state index contributed by atoms with van der Waals surface area (Å²) in [6, 6.07) is 17.4. The van der Waals surface area contributed by atoms with Crippen LogP contribution in [0.2, 0.25) is 0 Å². The number of carbonyl (C=O) groups is 1. The van der Waals surface area contributed by atoms with Crippen LogP contribution in [0.5, 0.6) is 5.75 Å². The predicted molar refractivity (Wildman–Crippen MR) is 139 cm³/mol. The maximum Gasteiger partial charge on any atom is 0.252 e. The number of halogens is 2. The number of fused-ring (bicyclic) bond motifs is 1. The van der Waals surface area contributed by atoms with Gasteiger partial charge in [-0.15, -0.1) is 0 Å². The molecule has 3 aromatic rings. The van der Waals surface area contributed by atoms with Crippen LogP contribution in [-0.4, -0.2) is 32.1 Å². The van der Waals surface area contributed by atoms with Gasteiger partial charge in [0, 0.05) is 54.8 Å². The number of carbonyl (C=O) groups excluding carboxylic acids is 1. The third kappa shape index (κ3) is 4.17. The van der Waals surface area contributed by atoms with Crippen LogP contribution in [0.15, 0.2) is 54.6 Å². The molecule has 3 aromatic carbocycles. The van der Waals surface area contributed by atoms with E-state index in [1.165, 1.54) is 6.07 Å². The van der Waals surface area contributed by atoms with Gasteiger partial charge in [-0.25, -0.2) is 8.78 Å². The summed E-state index contributed by atoms with van der Waals surface area (Å²) in [6.07, 6.45) is 1.75. The Morgan fingerprint density at radius 2 is 1.87 bits per heavy atom. The number of hydrogen-bond acceptors (Lipinski definition) is 5. The molecule has 0 aromatic heterocycles. The molecular weight excluding hydrogens is 486 g/mol. The van der Waals surface area contributed by atoms with E-state index in [2.05, 4.69) is 10.6 Å². The molecule has 0 radical (unpaired) electrons. The average molecular weight is 515 g/mol. The van der Waals surface area contributed by atoms with Crippen molar-refractivity contribution in [2.45, 2.75) is 31.4 Å². The first kappa shape index (κ1) is 24.4. The molecule has 2 fully saturated rings. The molecule has 6 rings (SSSR count). The summed E-state index contributed by atoms with van der Waals surface area (Å²) in [5.41, 5.74) is 3.56. The van der Waals surface area contributed by atoms with E-state index in [-0.39, 0.29) is 29.6 Å². The zero-order valence-electron chi connectivity index (χ0n) is 20.9. The van der Waals surface area contributed by atoms with Gasteiger partial charge < -0.3 is 20.3 Å². The molecule has 3 heterocycles. The van der Waals surface area contributed by atoms with E-state index in [4.69, 9.17) is 10.00 Å². The van der Waals surface area contributed by atoms with Crippen LogP contribution in [0, 0.1) is 28.9 Å². The number of nitrogens with zero attached hydrogens (tertiary/aromatic N) is 2. The van der Waals surface area contributed by atoms with Crippen molar-refractivity contribution in [2.24, 2.45) is 5.92 Å². The largest absolute Gasteiger partial charge is 0.488 e. The molecule has 2 N–H and O–H groups in total. The number of nitriles is 1. The summed E-state index contributed by atoms with van der Waals surface area (Å²) >= 11 is 0. The molecule has 6 nitrogen and oxygen atoms in total. The summed E-state index contributed by atoms with van der Waals surface area (Å²) in [5.74, 6) is 0.154. The molecule has 3 aliphatic heterocycles. The van der Waals surface area contributed by atoms with Gasteiger partial charge in [0.25, 0.3) is 5.91 Å². The summed E-state index contributed by atoms with van der Waals surface area (Å²) in [6.45, 7) is 3.49. The zero-order chi connectivity index (χ0) is 26.3. The first-order chi connectivity index (χ1) is 18.5. The lowest BCUT2D eigenvalue weighted by atomic mass is 9.63. The van der Waals surface area contributed by atoms with Crippen molar-refractivity contribution in [3.05, 3.63) is 94.0 Å². The van der Waals surface area contributed by atoms with Crippen LogP contribution in [0.3, 0.4) is 0 Å². The topological polar surface area (TPSA) is 77.4 Å². The van der Waals surface area contributed by atoms with Crippen molar-refractivity contribution < 1.29 is 18.3 Å². The van der Waals surface area contributed by atoms with Gasteiger partial charge in [0.1, 0.15) is 24.0 Å². The quantitative estimate of drug-likeness (QED) is 0.510. The first-order valence-electron chi connectivity index (χ1n) is 13.0. The Hall–Kier alpha value is -3.96. The van der Waals surface area contributed by atoms with Gasteiger partial charge in [-0.1, -0.05) is 18.2 Å². The fourth-order valence-corrected chi connectivity index (χ4v) is 6.12. The highest BCUT2D eigenvalue weighted by atomic mass is 19.1. The molecule has 0 unspecified atom stereocenters. The number of piperidine rings is 1. The lowest BCUT2D eigenvalue weighted by Gasteiger charge is -2.51. The van der Waals surface area contributed by atoms with E-state index in [0.717, 1.165) is 37.1 Å². The summed E-state index contributed by atoms with van der Waals surface area (Å²) in [5, 5.41) is 15.2. The smallest absolute Gasteiger partial charge is 0.252 e. The fraction of sp³-hybridized carbons (Fsp3) is 0.333. The lowest BCUT2D eigenvalue weighted by molar-refractivity contribution is 0.0965. The number of hydrogen-bond donors (Lipinski definition) is 2. The van der Waals surface area contributed by atoms with Crippen LogP contribution in [0.25, 0.3) is 0 Å². The molecule has 0 aliphatic carbocycles. The zero-order valence-corrected chi connectivity index (χ0v) is 20.9. The number of amides is 1. The van der Waals surface area contributed by atoms with Crippen molar-refractivity contribution in [3.8, 4) is 11.8 Å². The van der Waals surface area contributed by atoms with Gasteiger partial charge in [0.2, 0.25) is 0 Å². The van der Waals surface area contributed by atoms with Gasteiger partial charge in [-0.2, -0.15) is 5.26 Å². The standard InChI is InChI=1S/C30H28F2N4O2/c31-25-13-22(6-5-20(25)16-38-28-3-1-2-23-24(28)15-35-29(23)37)30(17-34-18-30)21-8-10-36(11-9-21)27-7-4-19(14-33)12-26(27)32/h1-7,12-13,21,34H,8-11,15-18H2,(H,35,37). The maximum absolute atomic E-state index is 15.3. The number of anilines is 1. The highest BCUT2D eigenvalue weighted by Crippen LogP contribution is 2.43. The van der Waals surface area contributed by atoms with E-state index in [9.17, 15) is 9.18 Å². The number of ether oxygens (including phenoxy) is 1. The lowest BCUT2D eigenvalue weighted by Crippen LogP contribution is -2.62. The van der Waals surface area contributed by atoms with Crippen LogP contribution in [0.4, 0.5) is 14.5 Å². The van der Waals surface area contributed by atoms with E-state index >= 15 is 4.39 Å². The molecule has 38 heavy (non-hydrogen) atoms. The van der Waals surface area contributed by atoms with Crippen LogP contribution in [0.1, 0.15) is 45.5 Å². The number of rotatable bonds is 6. The minimum atomic E-state index is -0.370. The van der Waals surface area contributed by atoms with Crippen molar-refractivity contribution in [2.75, 3.05) is 31.1 Å². The van der Waals surface area contributed by atoms with Crippen LogP contribution in [-0.2, 0) is 18.6 Å². The predicted octanol–water partition coefficient (Wildman–Crippen LogP) is 4.42. The Kier molecular flexibility index (Phi) is 6.24. The monoisotopic (exact) mass is 514 g/mol. The van der Waals surface area contributed by atoms with E-state index in [1.807, 2.05) is 17.0 Å². The van der Waals surface area contributed by atoms with Crippen LogP contribution < -0.4 is 20.3 Å². The van der Waals surface area contributed by atoms with Gasteiger partial charge in [0.15, 0.2) is 0 Å². The van der Waals surface area contributed by atoms with Gasteiger partial charge in [0.05, 0.1) is 17.3 Å². The average Bonchev–Trinajstić information content (AvgIpc) is 3.29. The van der Waals surface area contributed by atoms with Gasteiger partial charge >= 0.3 is 0 Å². The van der Waals surface area contributed by atoms with Gasteiger partial charge in [-0.3, -0.25) is 4.79 Å². The Morgan fingerprint density at radius 3 is 2.55 bits per heavy atom. The second-order valence-corrected chi connectivity index (χ2v) is 10.4. The van der Waals surface area contributed by atoms with E-state index in [1.54, 1.807) is 42.5 Å². The number of benzene rings is 3. The molecular formula is C30H28F2N4O2. The van der Waals surface area contributed by atoms with Crippen molar-refractivity contribution in [1.29, 1.82) is 5.26 Å². The SMILES string of the molecule is N#Cc1ccc(N2CCC(C3(c4ccc(COc5cccc6c5CNC6=O)c(F)c4)CNC3)CC2)c(F)c1. The molecule has 0 bridgehead atoms. The highest BCUT2D eigenvalue weighted by molar-refractivity contribution is 5.99. The van der Waals surface area contributed by atoms with Crippen molar-refractivity contribution >= 4 is 11.6 Å². The summed E-state index contributed by atoms with van der Waals surface area (Å²) in [4.78, 5) is 13.9. The van der Waals surface area contributed by atoms with E-state index in [0.29, 0.717) is 53.7 Å². The maximum atomic E-state index is 15.3. The molecule has 0 atom stereocenters. The highest BCUT2D eigenvalue weighted by Gasteiger charge is 2.46. The minimum absolute atomic E-state index is 0.0799. The van der Waals surface area contributed by atoms with Crippen LogP contribution >= 0.6 is 0 Å². The number of nitrogens with one attached hydrogen (secondary N) is 2. The van der Waals surface area contributed by atoms with Crippen molar-refractivity contribution in [1.82, 2.24) is 10.6 Å². The molecule has 2 saturated heterocycles. The fourth-order valence-electron chi connectivity index (χ4n) is 6.12. The summed E-state index contributed by atoms with van der Waals surface area (Å²) < 4.78 is 35.8. The summed E-state index contributed by atoms with van der Waals surface area (Å²) in [7, 11) is 0. The normalized spacial score (nSPS) is 18.3. The van der Waals surface area contributed by atoms with Crippen molar-refractivity contribution in [3.63, 3.8) is 0 Å². The third-order valence-electron chi connectivity index (χ3n) is 8.39. The second-order valence-electron chi connectivity index (χ2n) is 10.4. The first-order valence-corrected chi connectivity index (χ1v) is 13.0. The molecule has 194 valence electrons. The minimum Gasteiger partial charge on any atom is -0.488 e. The Labute approximate surface area is 220 Å². The molecule has 3 aliphatic rings. The Morgan fingerprint density at radius 1 is 1.05 bits per heavy atom.